The summed E-state index contributed by atoms with van der Waals surface area (Å²) in [6.07, 6.45) is 0. The first kappa shape index (κ1) is 11.8. The Morgan fingerprint density at radius 1 is 1.43 bits per heavy atom. The van der Waals surface area contributed by atoms with Gasteiger partial charge < -0.3 is 4.74 Å². The Kier molecular flexibility index (Phi) is 5.22. The molecule has 0 fully saturated rings. The summed E-state index contributed by atoms with van der Waals surface area (Å²) in [5.74, 6) is 1.62. The van der Waals surface area contributed by atoms with Gasteiger partial charge in [0.25, 0.3) is 0 Å². The Hall–Kier alpha value is -0.320. The van der Waals surface area contributed by atoms with Crippen molar-refractivity contribution in [2.24, 2.45) is 0 Å². The van der Waals surface area contributed by atoms with E-state index in [1.807, 2.05) is 6.92 Å². The zero-order valence-electron chi connectivity index (χ0n) is 8.29. The monoisotopic (exact) mass is 232 g/mol. The molecule has 5 heteroatoms. The van der Waals surface area contributed by atoms with Crippen LogP contribution in [-0.4, -0.2) is 22.3 Å². The Labute approximate surface area is 93.2 Å². The third-order valence-electron chi connectivity index (χ3n) is 1.45. The number of hydrogen-bond acceptors (Lipinski definition) is 4. The predicted molar refractivity (Wildman–Crippen MR) is 58.8 cm³/mol. The van der Waals surface area contributed by atoms with Crippen molar-refractivity contribution in [1.82, 2.24) is 9.97 Å². The summed E-state index contributed by atoms with van der Waals surface area (Å²) >= 11 is 7.49. The van der Waals surface area contributed by atoms with E-state index in [2.05, 4.69) is 16.9 Å². The highest BCUT2D eigenvalue weighted by Crippen LogP contribution is 2.18. The lowest BCUT2D eigenvalue weighted by molar-refractivity contribution is 0.128. The molecule has 0 N–H and O–H groups in total. The van der Waals surface area contributed by atoms with Crippen molar-refractivity contribution in [2.45, 2.75) is 25.5 Å². The molecular weight excluding hydrogens is 220 g/mol. The van der Waals surface area contributed by atoms with Crippen molar-refractivity contribution in [3.8, 4) is 0 Å². The zero-order valence-corrected chi connectivity index (χ0v) is 9.86. The summed E-state index contributed by atoms with van der Waals surface area (Å²) in [5, 5.41) is 1.38. The minimum Gasteiger partial charge on any atom is -0.374 e. The molecule has 1 rings (SSSR count). The summed E-state index contributed by atoms with van der Waals surface area (Å²) in [5.41, 5.74) is 0. The van der Waals surface area contributed by atoms with Gasteiger partial charge in [0.1, 0.15) is 16.8 Å². The largest absolute Gasteiger partial charge is 0.374 e. The number of thioether (sulfide) groups is 1. The average Bonchev–Trinajstić information content (AvgIpc) is 2.14. The molecule has 0 bridgehead atoms. The summed E-state index contributed by atoms with van der Waals surface area (Å²) in [7, 11) is 0. The minimum absolute atomic E-state index is 0.425. The minimum atomic E-state index is 0.425. The number of nitrogens with zero attached hydrogens (tertiary/aromatic N) is 2. The number of aromatic nitrogens is 2. The molecule has 0 atom stereocenters. The van der Waals surface area contributed by atoms with Crippen LogP contribution >= 0.6 is 23.4 Å². The fraction of sp³-hybridized carbons (Fsp3) is 0.556. The highest BCUT2D eigenvalue weighted by Gasteiger charge is 2.02. The fourth-order valence-electron chi connectivity index (χ4n) is 0.922. The Balaban J connectivity index is 2.73. The number of hydrogen-bond donors (Lipinski definition) is 0. The molecule has 1 aromatic rings. The molecule has 0 spiro atoms. The fourth-order valence-corrected chi connectivity index (χ4v) is 1.85. The second-order valence-corrected chi connectivity index (χ2v) is 4.19. The quantitative estimate of drug-likeness (QED) is 0.578. The Morgan fingerprint density at radius 3 is 2.86 bits per heavy atom. The van der Waals surface area contributed by atoms with Gasteiger partial charge in [-0.15, -0.1) is 11.8 Å². The molecule has 0 aliphatic heterocycles. The van der Waals surface area contributed by atoms with Crippen LogP contribution < -0.4 is 0 Å². The third-order valence-corrected chi connectivity index (χ3v) is 2.43. The van der Waals surface area contributed by atoms with Gasteiger partial charge in [-0.3, -0.25) is 0 Å². The lowest BCUT2D eigenvalue weighted by Crippen LogP contribution is -2.00. The molecule has 1 aromatic heterocycles. The van der Waals surface area contributed by atoms with Crippen LogP contribution in [0.1, 0.15) is 19.7 Å². The maximum absolute atomic E-state index is 5.84. The number of halogens is 1. The topological polar surface area (TPSA) is 35.0 Å². The molecule has 1 heterocycles. The molecule has 0 radical (unpaired) electrons. The van der Waals surface area contributed by atoms with E-state index in [1.54, 1.807) is 17.8 Å². The molecule has 14 heavy (non-hydrogen) atoms. The van der Waals surface area contributed by atoms with E-state index in [4.69, 9.17) is 16.3 Å². The molecule has 0 saturated carbocycles. The summed E-state index contributed by atoms with van der Waals surface area (Å²) in [4.78, 5) is 8.37. The van der Waals surface area contributed by atoms with E-state index in [9.17, 15) is 0 Å². The van der Waals surface area contributed by atoms with Gasteiger partial charge in [-0.05, 0) is 12.7 Å². The van der Waals surface area contributed by atoms with E-state index >= 15 is 0 Å². The smallest absolute Gasteiger partial charge is 0.156 e. The SMILES string of the molecule is CCOCc1nc(Cl)cc(SCC)n1. The first-order valence-electron chi connectivity index (χ1n) is 4.50. The maximum Gasteiger partial charge on any atom is 0.156 e. The van der Waals surface area contributed by atoms with Gasteiger partial charge >= 0.3 is 0 Å². The van der Waals surface area contributed by atoms with Crippen molar-refractivity contribution in [2.75, 3.05) is 12.4 Å². The van der Waals surface area contributed by atoms with E-state index in [1.165, 1.54) is 0 Å². The van der Waals surface area contributed by atoms with Crippen LogP contribution in [-0.2, 0) is 11.3 Å². The van der Waals surface area contributed by atoms with Gasteiger partial charge in [0, 0.05) is 12.7 Å². The van der Waals surface area contributed by atoms with Gasteiger partial charge in [0.05, 0.1) is 0 Å². The van der Waals surface area contributed by atoms with Crippen LogP contribution in [0.2, 0.25) is 5.15 Å². The number of ether oxygens (including phenoxy) is 1. The normalized spacial score (nSPS) is 10.5. The van der Waals surface area contributed by atoms with Crippen molar-refractivity contribution in [1.29, 1.82) is 0 Å². The molecule has 0 amide bonds. The van der Waals surface area contributed by atoms with Crippen molar-refractivity contribution >= 4 is 23.4 Å². The lowest BCUT2D eigenvalue weighted by Gasteiger charge is -2.03. The first-order valence-corrected chi connectivity index (χ1v) is 5.86. The maximum atomic E-state index is 5.84. The first-order chi connectivity index (χ1) is 6.76. The van der Waals surface area contributed by atoms with Crippen molar-refractivity contribution in [3.63, 3.8) is 0 Å². The van der Waals surface area contributed by atoms with Crippen LogP contribution in [0, 0.1) is 0 Å². The predicted octanol–water partition coefficient (Wildman–Crippen LogP) is 2.78. The highest BCUT2D eigenvalue weighted by molar-refractivity contribution is 7.99. The second-order valence-electron chi connectivity index (χ2n) is 2.52. The average molecular weight is 233 g/mol. The van der Waals surface area contributed by atoms with E-state index in [0.29, 0.717) is 24.2 Å². The summed E-state index contributed by atoms with van der Waals surface area (Å²) in [6, 6.07) is 1.77. The van der Waals surface area contributed by atoms with Crippen LogP contribution in [0.25, 0.3) is 0 Å². The molecule has 0 aliphatic carbocycles. The van der Waals surface area contributed by atoms with Crippen LogP contribution in [0.3, 0.4) is 0 Å². The van der Waals surface area contributed by atoms with Gasteiger partial charge in [0.15, 0.2) is 5.82 Å². The lowest BCUT2D eigenvalue weighted by atomic mass is 10.6. The van der Waals surface area contributed by atoms with E-state index < -0.39 is 0 Å². The highest BCUT2D eigenvalue weighted by atomic mass is 35.5. The molecule has 0 aliphatic rings. The zero-order chi connectivity index (χ0) is 10.4. The van der Waals surface area contributed by atoms with E-state index in [0.717, 1.165) is 10.8 Å². The molecular formula is C9H13ClN2OS. The van der Waals surface area contributed by atoms with Crippen molar-refractivity contribution in [3.05, 3.63) is 17.0 Å². The Bertz CT molecular complexity index is 296. The van der Waals surface area contributed by atoms with Crippen molar-refractivity contribution < 1.29 is 4.74 Å². The third kappa shape index (κ3) is 3.82. The van der Waals surface area contributed by atoms with E-state index in [-0.39, 0.29) is 0 Å². The Morgan fingerprint density at radius 2 is 2.21 bits per heavy atom. The summed E-state index contributed by atoms with van der Waals surface area (Å²) < 4.78 is 5.21. The second kappa shape index (κ2) is 6.22. The van der Waals surface area contributed by atoms with Gasteiger partial charge in [0.2, 0.25) is 0 Å². The summed E-state index contributed by atoms with van der Waals surface area (Å²) in [6.45, 7) is 5.09. The van der Waals surface area contributed by atoms with Crippen LogP contribution in [0.5, 0.6) is 0 Å². The molecule has 3 nitrogen and oxygen atoms in total. The van der Waals surface area contributed by atoms with Gasteiger partial charge in [-0.2, -0.15) is 0 Å². The number of rotatable bonds is 5. The van der Waals surface area contributed by atoms with Gasteiger partial charge in [-0.25, -0.2) is 9.97 Å². The van der Waals surface area contributed by atoms with Gasteiger partial charge in [-0.1, -0.05) is 18.5 Å². The standard InChI is InChI=1S/C9H13ClN2OS/c1-3-13-6-8-11-7(10)5-9(12-8)14-4-2/h5H,3-4,6H2,1-2H3. The van der Waals surface area contributed by atoms with Crippen LogP contribution in [0.15, 0.2) is 11.1 Å². The molecule has 0 saturated heterocycles. The molecule has 0 unspecified atom stereocenters. The molecule has 78 valence electrons. The molecule has 0 aromatic carbocycles. The van der Waals surface area contributed by atoms with Crippen LogP contribution in [0.4, 0.5) is 0 Å².